The van der Waals surface area contributed by atoms with Gasteiger partial charge in [-0.2, -0.15) is 0 Å². The Hall–Kier alpha value is -3.64. The van der Waals surface area contributed by atoms with Crippen LogP contribution in [-0.4, -0.2) is 0 Å². The maximum atomic E-state index is 2.33. The second-order valence-corrected chi connectivity index (χ2v) is 8.31. The average molecular weight is 413 g/mol. The SMILES string of the molecule is C/C=c1/c(-c2ccc(CC)cc2)c2ccccc2c(-c2ccc3ccccc3c2)/c1=C/C. The quantitative estimate of drug-likeness (QED) is 0.288. The largest absolute Gasteiger partial charge is 0.0791 e. The Balaban J connectivity index is 1.91. The molecule has 0 saturated heterocycles. The van der Waals surface area contributed by atoms with Crippen LogP contribution in [0.25, 0.3) is 56.0 Å². The van der Waals surface area contributed by atoms with Crippen molar-refractivity contribution >= 4 is 33.7 Å². The molecule has 32 heavy (non-hydrogen) atoms. The molecule has 0 aliphatic heterocycles. The molecule has 5 rings (SSSR count). The lowest BCUT2D eigenvalue weighted by molar-refractivity contribution is 1.14. The number of aryl methyl sites for hydroxylation is 1. The molecule has 0 bridgehead atoms. The maximum Gasteiger partial charge on any atom is -0.00296 e. The van der Waals surface area contributed by atoms with Gasteiger partial charge in [-0.25, -0.2) is 0 Å². The lowest BCUT2D eigenvalue weighted by Crippen LogP contribution is -2.29. The van der Waals surface area contributed by atoms with Gasteiger partial charge in [0.25, 0.3) is 0 Å². The van der Waals surface area contributed by atoms with Gasteiger partial charge in [-0.1, -0.05) is 104 Å². The summed E-state index contributed by atoms with van der Waals surface area (Å²) in [6.45, 7) is 6.52. The summed E-state index contributed by atoms with van der Waals surface area (Å²) in [5.41, 5.74) is 6.55. The van der Waals surface area contributed by atoms with E-state index in [0.717, 1.165) is 6.42 Å². The van der Waals surface area contributed by atoms with Gasteiger partial charge in [-0.15, -0.1) is 0 Å². The molecular weight excluding hydrogens is 384 g/mol. The zero-order valence-corrected chi connectivity index (χ0v) is 19.0. The van der Waals surface area contributed by atoms with Crippen LogP contribution in [0, 0.1) is 0 Å². The lowest BCUT2D eigenvalue weighted by atomic mass is 9.87. The second-order valence-electron chi connectivity index (χ2n) is 8.31. The van der Waals surface area contributed by atoms with Crippen LogP contribution in [-0.2, 0) is 6.42 Å². The molecular formula is C32H28. The van der Waals surface area contributed by atoms with Gasteiger partial charge >= 0.3 is 0 Å². The van der Waals surface area contributed by atoms with E-state index >= 15 is 0 Å². The minimum Gasteiger partial charge on any atom is -0.0791 e. The standard InChI is InChI=1S/C32H28/c1-4-22-15-17-24(18-16-22)31-27(5-2)28(6-3)32(30-14-10-9-13-29(30)31)26-20-19-23-11-7-8-12-25(23)21-26/h5-21H,4H2,1-3H3/b27-5+,28-6+. The van der Waals surface area contributed by atoms with E-state index in [1.54, 1.807) is 0 Å². The first-order valence-corrected chi connectivity index (χ1v) is 11.5. The van der Waals surface area contributed by atoms with E-state index in [2.05, 4.69) is 124 Å². The Morgan fingerprint density at radius 1 is 0.562 bits per heavy atom. The molecule has 0 aliphatic rings. The van der Waals surface area contributed by atoms with E-state index in [1.165, 1.54) is 59.8 Å². The topological polar surface area (TPSA) is 0 Å². The van der Waals surface area contributed by atoms with Gasteiger partial charge in [-0.05, 0) is 86.1 Å². The van der Waals surface area contributed by atoms with Gasteiger partial charge in [0.15, 0.2) is 0 Å². The summed E-state index contributed by atoms with van der Waals surface area (Å²) < 4.78 is 0. The summed E-state index contributed by atoms with van der Waals surface area (Å²) in [4.78, 5) is 0. The van der Waals surface area contributed by atoms with Gasteiger partial charge in [0.2, 0.25) is 0 Å². The van der Waals surface area contributed by atoms with Crippen molar-refractivity contribution in [2.45, 2.75) is 27.2 Å². The van der Waals surface area contributed by atoms with Crippen molar-refractivity contribution in [3.63, 3.8) is 0 Å². The Bertz CT molecular complexity index is 1550. The van der Waals surface area contributed by atoms with Crippen molar-refractivity contribution in [3.05, 3.63) is 107 Å². The molecule has 0 heterocycles. The van der Waals surface area contributed by atoms with Crippen molar-refractivity contribution in [3.8, 4) is 22.3 Å². The predicted octanol–water partition coefficient (Wildman–Crippen LogP) is 7.49. The minimum atomic E-state index is 1.06. The highest BCUT2D eigenvalue weighted by molar-refractivity contribution is 6.06. The van der Waals surface area contributed by atoms with Crippen LogP contribution >= 0.6 is 0 Å². The molecule has 0 aliphatic carbocycles. The van der Waals surface area contributed by atoms with Crippen molar-refractivity contribution in [1.29, 1.82) is 0 Å². The van der Waals surface area contributed by atoms with Crippen LogP contribution in [0.4, 0.5) is 0 Å². The fourth-order valence-electron chi connectivity index (χ4n) is 4.95. The maximum absolute atomic E-state index is 2.33. The molecule has 0 unspecified atom stereocenters. The fraction of sp³-hybridized carbons (Fsp3) is 0.125. The molecule has 0 heteroatoms. The number of rotatable bonds is 3. The third kappa shape index (κ3) is 3.33. The van der Waals surface area contributed by atoms with Crippen molar-refractivity contribution in [2.24, 2.45) is 0 Å². The van der Waals surface area contributed by atoms with E-state index in [9.17, 15) is 0 Å². The smallest absolute Gasteiger partial charge is 0.00296 e. The number of fused-ring (bicyclic) bond motifs is 2. The van der Waals surface area contributed by atoms with E-state index in [4.69, 9.17) is 0 Å². The Morgan fingerprint density at radius 3 is 1.69 bits per heavy atom. The van der Waals surface area contributed by atoms with E-state index in [1.807, 2.05) is 0 Å². The molecule has 0 atom stereocenters. The summed E-state index contributed by atoms with van der Waals surface area (Å²) in [7, 11) is 0. The average Bonchev–Trinajstić information content (AvgIpc) is 2.87. The van der Waals surface area contributed by atoms with Crippen molar-refractivity contribution in [2.75, 3.05) is 0 Å². The normalized spacial score (nSPS) is 12.7. The first-order valence-electron chi connectivity index (χ1n) is 11.5. The number of benzene rings is 5. The van der Waals surface area contributed by atoms with Crippen LogP contribution < -0.4 is 10.4 Å². The molecule has 0 saturated carbocycles. The van der Waals surface area contributed by atoms with Gasteiger partial charge in [0.1, 0.15) is 0 Å². The van der Waals surface area contributed by atoms with E-state index in [0.29, 0.717) is 0 Å². The minimum absolute atomic E-state index is 1.06. The van der Waals surface area contributed by atoms with Gasteiger partial charge < -0.3 is 0 Å². The Kier molecular flexibility index (Phi) is 5.37. The van der Waals surface area contributed by atoms with Crippen LogP contribution in [0.1, 0.15) is 26.3 Å². The number of hydrogen-bond donors (Lipinski definition) is 0. The first kappa shape index (κ1) is 20.3. The van der Waals surface area contributed by atoms with Gasteiger partial charge in [-0.3, -0.25) is 0 Å². The highest BCUT2D eigenvalue weighted by Gasteiger charge is 2.14. The van der Waals surface area contributed by atoms with Crippen LogP contribution in [0.3, 0.4) is 0 Å². The molecule has 0 spiro atoms. The van der Waals surface area contributed by atoms with Crippen LogP contribution in [0.2, 0.25) is 0 Å². The molecule has 0 nitrogen and oxygen atoms in total. The van der Waals surface area contributed by atoms with Gasteiger partial charge in [0.05, 0.1) is 0 Å². The summed E-state index contributed by atoms with van der Waals surface area (Å²) >= 11 is 0. The zero-order valence-electron chi connectivity index (χ0n) is 19.0. The zero-order chi connectivity index (χ0) is 22.1. The second kappa shape index (κ2) is 8.48. The first-order chi connectivity index (χ1) is 15.7. The third-order valence-corrected chi connectivity index (χ3v) is 6.56. The highest BCUT2D eigenvalue weighted by Crippen LogP contribution is 2.32. The molecule has 0 radical (unpaired) electrons. The van der Waals surface area contributed by atoms with E-state index in [-0.39, 0.29) is 0 Å². The lowest BCUT2D eigenvalue weighted by Gasteiger charge is -2.16. The van der Waals surface area contributed by atoms with Crippen LogP contribution in [0.5, 0.6) is 0 Å². The molecule has 156 valence electrons. The third-order valence-electron chi connectivity index (χ3n) is 6.56. The molecule has 0 N–H and O–H groups in total. The van der Waals surface area contributed by atoms with E-state index < -0.39 is 0 Å². The Labute approximate surface area is 190 Å². The summed E-state index contributed by atoms with van der Waals surface area (Å²) in [5, 5.41) is 7.76. The van der Waals surface area contributed by atoms with Crippen molar-refractivity contribution < 1.29 is 0 Å². The van der Waals surface area contributed by atoms with Gasteiger partial charge in [0, 0.05) is 0 Å². The number of hydrogen-bond acceptors (Lipinski definition) is 0. The summed E-state index contributed by atoms with van der Waals surface area (Å²) in [6.07, 6.45) is 5.61. The van der Waals surface area contributed by atoms with Crippen LogP contribution in [0.15, 0.2) is 91.0 Å². The monoisotopic (exact) mass is 412 g/mol. The highest BCUT2D eigenvalue weighted by atomic mass is 14.2. The predicted molar refractivity (Wildman–Crippen MR) is 141 cm³/mol. The summed E-state index contributed by atoms with van der Waals surface area (Å²) in [6, 6.07) is 33.4. The molecule has 0 fully saturated rings. The molecule has 5 aromatic carbocycles. The Morgan fingerprint density at radius 2 is 1.09 bits per heavy atom. The molecule has 0 amide bonds. The fourth-order valence-corrected chi connectivity index (χ4v) is 4.95. The molecule has 0 aromatic heterocycles. The van der Waals surface area contributed by atoms with Crippen molar-refractivity contribution in [1.82, 2.24) is 0 Å². The molecule has 5 aromatic rings. The summed E-state index contributed by atoms with van der Waals surface area (Å²) in [5.74, 6) is 0.